The molecule has 150 valence electrons. The molecule has 0 aliphatic rings. The zero-order valence-corrected chi connectivity index (χ0v) is 16.3. The number of aliphatic carboxylic acids is 3. The molecule has 0 saturated carbocycles. The SMILES string of the molecule is CCCCC/C=C/CCC[N+](C(C)C(=O)[O-])(C(C)C(=O)O)C(C)C(=O)O. The fourth-order valence-electron chi connectivity index (χ4n) is 3.43. The van der Waals surface area contributed by atoms with Crippen molar-refractivity contribution in [2.75, 3.05) is 6.54 Å². The molecule has 3 unspecified atom stereocenters. The quantitative estimate of drug-likeness (QED) is 0.273. The summed E-state index contributed by atoms with van der Waals surface area (Å²) >= 11 is 0. The van der Waals surface area contributed by atoms with E-state index in [0.717, 1.165) is 19.3 Å². The molecule has 0 aromatic rings. The van der Waals surface area contributed by atoms with Gasteiger partial charge in [-0.2, -0.15) is 0 Å². The number of carboxylic acids is 3. The van der Waals surface area contributed by atoms with Gasteiger partial charge in [-0.05, 0) is 40.0 Å². The lowest BCUT2D eigenvalue weighted by Gasteiger charge is -2.49. The number of carbonyl (C=O) groups is 3. The molecule has 0 aliphatic carbocycles. The van der Waals surface area contributed by atoms with Crippen molar-refractivity contribution in [1.82, 2.24) is 0 Å². The van der Waals surface area contributed by atoms with Gasteiger partial charge < -0.3 is 20.1 Å². The third-order valence-electron chi connectivity index (χ3n) is 5.28. The van der Waals surface area contributed by atoms with Crippen LogP contribution in [0.15, 0.2) is 12.2 Å². The molecule has 2 N–H and O–H groups in total. The lowest BCUT2D eigenvalue weighted by atomic mass is 10.0. The Kier molecular flexibility index (Phi) is 10.8. The van der Waals surface area contributed by atoms with E-state index in [1.165, 1.54) is 27.2 Å². The number of hydrogen-bond acceptors (Lipinski definition) is 4. The Morgan fingerprint density at radius 2 is 1.35 bits per heavy atom. The topological polar surface area (TPSA) is 115 Å². The van der Waals surface area contributed by atoms with Crippen molar-refractivity contribution in [3.63, 3.8) is 0 Å². The molecule has 0 saturated heterocycles. The van der Waals surface area contributed by atoms with Crippen LogP contribution in [0, 0.1) is 0 Å². The Morgan fingerprint density at radius 1 is 0.885 bits per heavy atom. The molecular weight excluding hydrogens is 338 g/mol. The van der Waals surface area contributed by atoms with E-state index in [2.05, 4.69) is 13.0 Å². The predicted octanol–water partition coefficient (Wildman–Crippen LogP) is 1.80. The number of hydrogen-bond donors (Lipinski definition) is 2. The van der Waals surface area contributed by atoms with Gasteiger partial charge in [0.1, 0.15) is 6.04 Å². The fraction of sp³-hybridized carbons (Fsp3) is 0.737. The molecule has 0 aromatic carbocycles. The van der Waals surface area contributed by atoms with Crippen molar-refractivity contribution in [1.29, 1.82) is 0 Å². The van der Waals surface area contributed by atoms with Crippen molar-refractivity contribution < 1.29 is 34.2 Å². The van der Waals surface area contributed by atoms with Crippen molar-refractivity contribution in [3.8, 4) is 0 Å². The predicted molar refractivity (Wildman–Crippen MR) is 96.3 cm³/mol. The summed E-state index contributed by atoms with van der Waals surface area (Å²) in [6.45, 7) is 6.32. The van der Waals surface area contributed by atoms with Gasteiger partial charge in [0.2, 0.25) is 0 Å². The molecule has 0 fully saturated rings. The summed E-state index contributed by atoms with van der Waals surface area (Å²) in [5.41, 5.74) is 0. The summed E-state index contributed by atoms with van der Waals surface area (Å²) < 4.78 is -0.573. The maximum atomic E-state index is 11.6. The first-order valence-corrected chi connectivity index (χ1v) is 9.31. The van der Waals surface area contributed by atoms with Crippen LogP contribution in [0.25, 0.3) is 0 Å². The van der Waals surface area contributed by atoms with Crippen LogP contribution in [0.4, 0.5) is 0 Å². The Labute approximate surface area is 155 Å². The van der Waals surface area contributed by atoms with E-state index in [1.807, 2.05) is 6.08 Å². The number of unbranched alkanes of at least 4 members (excludes halogenated alkanes) is 4. The van der Waals surface area contributed by atoms with Crippen LogP contribution < -0.4 is 5.11 Å². The van der Waals surface area contributed by atoms with E-state index in [4.69, 9.17) is 0 Å². The van der Waals surface area contributed by atoms with E-state index in [1.54, 1.807) is 0 Å². The minimum Gasteiger partial charge on any atom is -0.544 e. The second-order valence-electron chi connectivity index (χ2n) is 6.85. The second kappa shape index (κ2) is 11.7. The van der Waals surface area contributed by atoms with Gasteiger partial charge in [-0.3, -0.25) is 4.48 Å². The van der Waals surface area contributed by atoms with Crippen LogP contribution in [-0.2, 0) is 14.4 Å². The van der Waals surface area contributed by atoms with E-state index in [-0.39, 0.29) is 6.54 Å². The highest BCUT2D eigenvalue weighted by Gasteiger charge is 2.50. The monoisotopic (exact) mass is 371 g/mol. The molecule has 0 spiro atoms. The summed E-state index contributed by atoms with van der Waals surface area (Å²) in [5.74, 6) is -3.89. The number of rotatable bonds is 14. The Balaban J connectivity index is 5.33. The summed E-state index contributed by atoms with van der Waals surface area (Å²) in [4.78, 5) is 34.7. The number of allylic oxidation sites excluding steroid dienone is 2. The summed E-state index contributed by atoms with van der Waals surface area (Å²) in [5, 5.41) is 30.4. The molecule has 0 aliphatic heterocycles. The van der Waals surface area contributed by atoms with Crippen molar-refractivity contribution in [2.24, 2.45) is 0 Å². The summed E-state index contributed by atoms with van der Waals surface area (Å²) in [7, 11) is 0. The van der Waals surface area contributed by atoms with Gasteiger partial charge in [0.25, 0.3) is 0 Å². The normalized spacial score (nSPS) is 17.4. The van der Waals surface area contributed by atoms with Crippen molar-refractivity contribution >= 4 is 17.9 Å². The highest BCUT2D eigenvalue weighted by Crippen LogP contribution is 2.27. The first-order chi connectivity index (χ1) is 12.1. The summed E-state index contributed by atoms with van der Waals surface area (Å²) in [6.07, 6.45) is 9.59. The molecule has 0 radical (unpaired) electrons. The van der Waals surface area contributed by atoms with Gasteiger partial charge >= 0.3 is 11.9 Å². The molecule has 0 aromatic heterocycles. The van der Waals surface area contributed by atoms with Crippen molar-refractivity contribution in [2.45, 2.75) is 84.3 Å². The first-order valence-electron chi connectivity index (χ1n) is 9.31. The fourth-order valence-corrected chi connectivity index (χ4v) is 3.43. The molecule has 0 bridgehead atoms. The number of carboxylic acid groups (broad SMARTS) is 3. The minimum absolute atomic E-state index is 0.134. The van der Waals surface area contributed by atoms with E-state index < -0.39 is 40.5 Å². The van der Waals surface area contributed by atoms with Gasteiger partial charge in [0.15, 0.2) is 12.1 Å². The van der Waals surface area contributed by atoms with Gasteiger partial charge in [0.05, 0.1) is 12.5 Å². The molecule has 0 amide bonds. The molecule has 0 heterocycles. The zero-order chi connectivity index (χ0) is 20.3. The maximum absolute atomic E-state index is 11.6. The lowest BCUT2D eigenvalue weighted by molar-refractivity contribution is -0.969. The number of quaternary nitrogens is 1. The van der Waals surface area contributed by atoms with Crippen LogP contribution >= 0.6 is 0 Å². The summed E-state index contributed by atoms with van der Waals surface area (Å²) in [6, 6.07) is -3.61. The first kappa shape index (κ1) is 24.1. The number of carbonyl (C=O) groups excluding carboxylic acids is 1. The van der Waals surface area contributed by atoms with E-state index in [0.29, 0.717) is 12.8 Å². The van der Waals surface area contributed by atoms with Gasteiger partial charge in [-0.15, -0.1) is 0 Å². The minimum atomic E-state index is -1.44. The maximum Gasteiger partial charge on any atom is 0.362 e. The van der Waals surface area contributed by atoms with Gasteiger partial charge in [0, 0.05) is 6.42 Å². The van der Waals surface area contributed by atoms with Crippen LogP contribution in [0.2, 0.25) is 0 Å². The van der Waals surface area contributed by atoms with E-state index in [9.17, 15) is 29.7 Å². The Hall–Kier alpha value is -1.89. The van der Waals surface area contributed by atoms with E-state index >= 15 is 0 Å². The molecule has 7 nitrogen and oxygen atoms in total. The number of nitrogens with zero attached hydrogens (tertiary/aromatic N) is 1. The molecule has 7 heteroatoms. The van der Waals surface area contributed by atoms with Gasteiger partial charge in [-0.1, -0.05) is 31.9 Å². The largest absolute Gasteiger partial charge is 0.544 e. The highest BCUT2D eigenvalue weighted by atomic mass is 16.4. The van der Waals surface area contributed by atoms with Crippen LogP contribution in [0.3, 0.4) is 0 Å². The lowest BCUT2D eigenvalue weighted by Crippen LogP contribution is -2.71. The molecule has 0 rings (SSSR count). The smallest absolute Gasteiger partial charge is 0.362 e. The van der Waals surface area contributed by atoms with Crippen molar-refractivity contribution in [3.05, 3.63) is 12.2 Å². The molecule has 26 heavy (non-hydrogen) atoms. The average molecular weight is 371 g/mol. The zero-order valence-electron chi connectivity index (χ0n) is 16.3. The van der Waals surface area contributed by atoms with Crippen LogP contribution in [-0.4, -0.2) is 57.3 Å². The third kappa shape index (κ3) is 6.44. The standard InChI is InChI=1S/C19H33NO6/c1-5-6-7-8-9-10-11-12-13-20(14(2)17(21)22,15(3)18(23)24)16(4)19(25)26/h9-10,14-16H,5-8,11-13H2,1-4H3,(H2-,21,22,23,24,25,26)/b10-9+. The average Bonchev–Trinajstić information content (AvgIpc) is 2.58. The Bertz CT molecular complexity index is 452. The van der Waals surface area contributed by atoms with Crippen LogP contribution in [0.1, 0.15) is 66.2 Å². The third-order valence-corrected chi connectivity index (χ3v) is 5.28. The van der Waals surface area contributed by atoms with Gasteiger partial charge in [-0.25, -0.2) is 9.59 Å². The second-order valence-corrected chi connectivity index (χ2v) is 6.85. The van der Waals surface area contributed by atoms with Crippen LogP contribution in [0.5, 0.6) is 0 Å². The molecule has 3 atom stereocenters. The highest BCUT2D eigenvalue weighted by molar-refractivity contribution is 5.76. The molecular formula is C19H33NO6. The Morgan fingerprint density at radius 3 is 1.73 bits per heavy atom.